The van der Waals surface area contributed by atoms with Gasteiger partial charge in [0, 0.05) is 36.5 Å². The predicted octanol–water partition coefficient (Wildman–Crippen LogP) is 4.28. The van der Waals surface area contributed by atoms with Crippen molar-refractivity contribution < 1.29 is 22.6 Å². The third kappa shape index (κ3) is 4.92. The van der Waals surface area contributed by atoms with Gasteiger partial charge in [-0.3, -0.25) is 0 Å². The van der Waals surface area contributed by atoms with E-state index in [4.69, 9.17) is 9.47 Å². The molecule has 2 heterocycles. The highest BCUT2D eigenvalue weighted by atomic mass is 19.4. The van der Waals surface area contributed by atoms with E-state index in [0.717, 1.165) is 31.6 Å². The van der Waals surface area contributed by atoms with Gasteiger partial charge >= 0.3 is 12.2 Å². The number of halogens is 3. The summed E-state index contributed by atoms with van der Waals surface area (Å²) in [6.45, 7) is 6.56. The van der Waals surface area contributed by atoms with Crippen molar-refractivity contribution in [2.75, 3.05) is 26.8 Å². The van der Waals surface area contributed by atoms with Crippen molar-refractivity contribution in [3.63, 3.8) is 0 Å². The van der Waals surface area contributed by atoms with Gasteiger partial charge in [-0.05, 0) is 50.6 Å². The molecule has 0 saturated carbocycles. The monoisotopic (exact) mass is 395 g/mol. The van der Waals surface area contributed by atoms with Crippen molar-refractivity contribution in [1.29, 1.82) is 0 Å². The van der Waals surface area contributed by atoms with Crippen LogP contribution in [-0.4, -0.2) is 47.7 Å². The molecule has 0 N–H and O–H groups in total. The minimum absolute atomic E-state index is 0.156. The van der Waals surface area contributed by atoms with Gasteiger partial charge in [0.1, 0.15) is 5.75 Å². The number of rotatable bonds is 6. The molecule has 1 unspecified atom stereocenters. The zero-order chi connectivity index (χ0) is 20.3. The first-order valence-corrected chi connectivity index (χ1v) is 9.22. The maximum atomic E-state index is 13.4. The third-order valence-corrected chi connectivity index (χ3v) is 4.91. The first-order valence-electron chi connectivity index (χ1n) is 9.22. The lowest BCUT2D eigenvalue weighted by Crippen LogP contribution is -2.29. The quantitative estimate of drug-likeness (QED) is 0.731. The van der Waals surface area contributed by atoms with Gasteiger partial charge in [0.15, 0.2) is 0 Å². The van der Waals surface area contributed by atoms with E-state index in [1.54, 1.807) is 6.07 Å². The molecular formula is C20H24F3N3O2. The molecular weight excluding hydrogens is 371 g/mol. The number of methoxy groups -OCH3 is 1. The molecule has 1 atom stereocenters. The van der Waals surface area contributed by atoms with E-state index in [2.05, 4.69) is 28.7 Å². The molecule has 0 spiro atoms. The zero-order valence-electron chi connectivity index (χ0n) is 16.2. The van der Waals surface area contributed by atoms with E-state index >= 15 is 0 Å². The van der Waals surface area contributed by atoms with E-state index in [0.29, 0.717) is 29.7 Å². The maximum absolute atomic E-state index is 13.4. The van der Waals surface area contributed by atoms with Gasteiger partial charge in [-0.1, -0.05) is 0 Å². The fourth-order valence-electron chi connectivity index (χ4n) is 3.27. The lowest BCUT2D eigenvalue weighted by molar-refractivity contribution is -0.137. The highest BCUT2D eigenvalue weighted by Gasteiger charge is 2.32. The number of likely N-dealkylation sites (tertiary alicyclic amines) is 1. The molecule has 1 fully saturated rings. The van der Waals surface area contributed by atoms with Crippen LogP contribution in [-0.2, 0) is 6.18 Å². The van der Waals surface area contributed by atoms with Gasteiger partial charge in [-0.25, -0.2) is 9.97 Å². The van der Waals surface area contributed by atoms with Crippen LogP contribution in [0.3, 0.4) is 0 Å². The van der Waals surface area contributed by atoms with Crippen LogP contribution in [0.25, 0.3) is 11.1 Å². The van der Waals surface area contributed by atoms with Crippen LogP contribution in [0.2, 0.25) is 0 Å². The molecule has 0 bridgehead atoms. The molecule has 1 aliphatic heterocycles. The molecule has 1 aliphatic rings. The van der Waals surface area contributed by atoms with E-state index in [9.17, 15) is 13.2 Å². The Hall–Kier alpha value is -2.35. The number of aromatic nitrogens is 2. The van der Waals surface area contributed by atoms with E-state index in [1.165, 1.54) is 19.5 Å². The number of benzene rings is 1. The van der Waals surface area contributed by atoms with Crippen LogP contribution in [0.1, 0.15) is 25.8 Å². The van der Waals surface area contributed by atoms with Crippen molar-refractivity contribution in [2.45, 2.75) is 32.5 Å². The SMILES string of the molecule is COc1ncc(-c2cc(OCC3CCN(C(C)C)C3)cc(C(F)(F)F)c2)cn1. The third-order valence-electron chi connectivity index (χ3n) is 4.91. The molecule has 8 heteroatoms. The standard InChI is InChI=1S/C20H24F3N3O2/c1-13(2)26-5-4-14(11-26)12-28-18-7-15(6-17(8-18)20(21,22)23)16-9-24-19(27-3)25-10-16/h6-10,13-14H,4-5,11-12H2,1-3H3. The average molecular weight is 395 g/mol. The predicted molar refractivity (Wildman–Crippen MR) is 99.3 cm³/mol. The van der Waals surface area contributed by atoms with Gasteiger partial charge in [-0.2, -0.15) is 13.2 Å². The Morgan fingerprint density at radius 2 is 1.86 bits per heavy atom. The minimum Gasteiger partial charge on any atom is -0.493 e. The Labute approximate surface area is 162 Å². The Balaban J connectivity index is 1.80. The summed E-state index contributed by atoms with van der Waals surface area (Å²) in [5.41, 5.74) is 0.0531. The first-order chi connectivity index (χ1) is 13.3. The van der Waals surface area contributed by atoms with Crippen molar-refractivity contribution in [1.82, 2.24) is 14.9 Å². The van der Waals surface area contributed by atoms with Gasteiger partial charge in [-0.15, -0.1) is 0 Å². The van der Waals surface area contributed by atoms with Gasteiger partial charge < -0.3 is 14.4 Å². The van der Waals surface area contributed by atoms with Crippen molar-refractivity contribution in [3.8, 4) is 22.9 Å². The summed E-state index contributed by atoms with van der Waals surface area (Å²) in [6, 6.07) is 4.33. The molecule has 2 aromatic rings. The summed E-state index contributed by atoms with van der Waals surface area (Å²) in [5.74, 6) is 0.508. The molecule has 0 aliphatic carbocycles. The fourth-order valence-corrected chi connectivity index (χ4v) is 3.27. The van der Waals surface area contributed by atoms with E-state index in [1.807, 2.05) is 0 Å². The normalized spacial score (nSPS) is 17.9. The van der Waals surface area contributed by atoms with Crippen LogP contribution < -0.4 is 9.47 Å². The van der Waals surface area contributed by atoms with Crippen molar-refractivity contribution >= 4 is 0 Å². The summed E-state index contributed by atoms with van der Waals surface area (Å²) in [6.07, 6.45) is -0.620. The summed E-state index contributed by atoms with van der Waals surface area (Å²) in [5, 5.41) is 0. The molecule has 1 saturated heterocycles. The Kier molecular flexibility index (Phi) is 6.07. The topological polar surface area (TPSA) is 47.5 Å². The molecule has 1 aromatic heterocycles. The van der Waals surface area contributed by atoms with Crippen LogP contribution in [0, 0.1) is 5.92 Å². The Morgan fingerprint density at radius 1 is 1.14 bits per heavy atom. The number of nitrogens with zero attached hydrogens (tertiary/aromatic N) is 3. The first kappa shape index (κ1) is 20.4. The van der Waals surface area contributed by atoms with Crippen LogP contribution >= 0.6 is 0 Å². The second kappa shape index (κ2) is 8.34. The number of hydrogen-bond acceptors (Lipinski definition) is 5. The number of alkyl halides is 3. The largest absolute Gasteiger partial charge is 0.493 e. The van der Waals surface area contributed by atoms with Gasteiger partial charge in [0.2, 0.25) is 0 Å². The smallest absolute Gasteiger partial charge is 0.416 e. The molecule has 3 rings (SSSR count). The number of hydrogen-bond donors (Lipinski definition) is 0. The van der Waals surface area contributed by atoms with Gasteiger partial charge in [0.25, 0.3) is 0 Å². The summed E-state index contributed by atoms with van der Waals surface area (Å²) < 4.78 is 50.7. The second-order valence-corrected chi connectivity index (χ2v) is 7.26. The van der Waals surface area contributed by atoms with Crippen molar-refractivity contribution in [2.24, 2.45) is 5.92 Å². The van der Waals surface area contributed by atoms with Crippen molar-refractivity contribution in [3.05, 3.63) is 36.2 Å². The number of ether oxygens (including phenoxy) is 2. The van der Waals surface area contributed by atoms with E-state index < -0.39 is 11.7 Å². The average Bonchev–Trinajstić information content (AvgIpc) is 3.15. The fraction of sp³-hybridized carbons (Fsp3) is 0.500. The lowest BCUT2D eigenvalue weighted by atomic mass is 10.0. The summed E-state index contributed by atoms with van der Waals surface area (Å²) in [7, 11) is 1.43. The summed E-state index contributed by atoms with van der Waals surface area (Å²) >= 11 is 0. The molecule has 1 aromatic carbocycles. The molecule has 0 amide bonds. The van der Waals surface area contributed by atoms with Crippen LogP contribution in [0.5, 0.6) is 11.8 Å². The Morgan fingerprint density at radius 3 is 2.43 bits per heavy atom. The van der Waals surface area contributed by atoms with Crippen LogP contribution in [0.4, 0.5) is 13.2 Å². The van der Waals surface area contributed by atoms with Gasteiger partial charge in [0.05, 0.1) is 19.3 Å². The molecule has 28 heavy (non-hydrogen) atoms. The maximum Gasteiger partial charge on any atom is 0.416 e. The second-order valence-electron chi connectivity index (χ2n) is 7.26. The highest BCUT2D eigenvalue weighted by molar-refractivity contribution is 5.65. The highest BCUT2D eigenvalue weighted by Crippen LogP contribution is 2.36. The van der Waals surface area contributed by atoms with E-state index in [-0.39, 0.29) is 11.8 Å². The summed E-state index contributed by atoms with van der Waals surface area (Å²) in [4.78, 5) is 10.3. The molecule has 0 radical (unpaired) electrons. The molecule has 5 nitrogen and oxygen atoms in total. The van der Waals surface area contributed by atoms with Crippen LogP contribution in [0.15, 0.2) is 30.6 Å². The Bertz CT molecular complexity index is 794. The molecule has 152 valence electrons. The lowest BCUT2D eigenvalue weighted by Gasteiger charge is -2.20. The minimum atomic E-state index is -4.47. The zero-order valence-corrected chi connectivity index (χ0v) is 16.2.